The van der Waals surface area contributed by atoms with E-state index in [2.05, 4.69) is 45.2 Å². The van der Waals surface area contributed by atoms with E-state index in [1.54, 1.807) is 0 Å². The second-order valence-corrected chi connectivity index (χ2v) is 6.20. The first-order valence-corrected chi connectivity index (χ1v) is 8.43. The van der Waals surface area contributed by atoms with Crippen LogP contribution in [0.4, 0.5) is 0 Å². The molecular weight excluding hydrogens is 316 g/mol. The maximum absolute atomic E-state index is 5.96. The third-order valence-corrected chi connectivity index (χ3v) is 4.16. The van der Waals surface area contributed by atoms with Crippen molar-refractivity contribution in [2.45, 2.75) is 32.7 Å². The lowest BCUT2D eigenvalue weighted by atomic mass is 10.2. The maximum Gasteiger partial charge on any atom is 0.123 e. The summed E-state index contributed by atoms with van der Waals surface area (Å²) in [5.74, 6) is 1.01. The predicted octanol–water partition coefficient (Wildman–Crippen LogP) is 3.42. The Kier molecular flexibility index (Phi) is 6.83. The van der Waals surface area contributed by atoms with Crippen molar-refractivity contribution in [1.82, 2.24) is 10.2 Å². The molecule has 1 N–H and O–H groups in total. The lowest BCUT2D eigenvalue weighted by Crippen LogP contribution is -2.22. The molecule has 1 heterocycles. The van der Waals surface area contributed by atoms with Crippen LogP contribution in [0.1, 0.15) is 31.7 Å². The van der Waals surface area contributed by atoms with E-state index in [4.69, 9.17) is 4.74 Å². The van der Waals surface area contributed by atoms with Gasteiger partial charge in [0.15, 0.2) is 0 Å². The van der Waals surface area contributed by atoms with Gasteiger partial charge in [-0.25, -0.2) is 0 Å². The molecule has 1 aliphatic rings. The number of halogens is 1. The smallest absolute Gasteiger partial charge is 0.123 e. The van der Waals surface area contributed by atoms with Crippen LogP contribution in [0.2, 0.25) is 0 Å². The van der Waals surface area contributed by atoms with Gasteiger partial charge in [-0.15, -0.1) is 0 Å². The number of benzene rings is 1. The Balaban J connectivity index is 1.78. The van der Waals surface area contributed by atoms with E-state index in [9.17, 15) is 0 Å². The van der Waals surface area contributed by atoms with E-state index in [1.165, 1.54) is 38.0 Å². The maximum atomic E-state index is 5.96. The van der Waals surface area contributed by atoms with Gasteiger partial charge in [0, 0.05) is 23.1 Å². The molecule has 1 aliphatic heterocycles. The third-order valence-electron chi connectivity index (χ3n) is 3.66. The third kappa shape index (κ3) is 5.08. The molecule has 112 valence electrons. The summed E-state index contributed by atoms with van der Waals surface area (Å²) in [4.78, 5) is 2.53. The van der Waals surface area contributed by atoms with Crippen molar-refractivity contribution in [3.8, 4) is 5.75 Å². The van der Waals surface area contributed by atoms with Gasteiger partial charge in [0.1, 0.15) is 5.75 Å². The van der Waals surface area contributed by atoms with E-state index in [1.807, 2.05) is 6.07 Å². The first kappa shape index (κ1) is 15.8. The molecule has 3 nitrogen and oxygen atoms in total. The Morgan fingerprint density at radius 3 is 2.85 bits per heavy atom. The van der Waals surface area contributed by atoms with Gasteiger partial charge in [-0.05, 0) is 57.1 Å². The fraction of sp³-hybridized carbons (Fsp3) is 0.625. The van der Waals surface area contributed by atoms with Crippen LogP contribution in [0.3, 0.4) is 0 Å². The van der Waals surface area contributed by atoms with Crippen LogP contribution < -0.4 is 10.1 Å². The summed E-state index contributed by atoms with van der Waals surface area (Å²) in [6, 6.07) is 6.25. The van der Waals surface area contributed by atoms with E-state index < -0.39 is 0 Å². The quantitative estimate of drug-likeness (QED) is 0.734. The Morgan fingerprint density at radius 1 is 1.30 bits per heavy atom. The van der Waals surface area contributed by atoms with Crippen molar-refractivity contribution in [1.29, 1.82) is 0 Å². The van der Waals surface area contributed by atoms with Gasteiger partial charge < -0.3 is 15.0 Å². The zero-order valence-corrected chi connectivity index (χ0v) is 13.9. The molecule has 1 aromatic rings. The standard InChI is InChI=1S/C16H25BrN2O/c1-2-18-13-14-12-15(17)6-7-16(14)20-11-5-10-19-8-3-4-9-19/h6-7,12,18H,2-5,8-11,13H2,1H3. The molecule has 0 aliphatic carbocycles. The Labute approximate surface area is 130 Å². The van der Waals surface area contributed by atoms with Crippen LogP contribution in [0.25, 0.3) is 0 Å². The largest absolute Gasteiger partial charge is 0.493 e. The fourth-order valence-corrected chi connectivity index (χ4v) is 2.97. The number of rotatable bonds is 8. The van der Waals surface area contributed by atoms with Crippen LogP contribution >= 0.6 is 15.9 Å². The Bertz CT molecular complexity index is 405. The van der Waals surface area contributed by atoms with Crippen LogP contribution in [0, 0.1) is 0 Å². The summed E-state index contributed by atoms with van der Waals surface area (Å²) < 4.78 is 7.07. The van der Waals surface area contributed by atoms with Gasteiger partial charge >= 0.3 is 0 Å². The highest BCUT2D eigenvalue weighted by Gasteiger charge is 2.10. The highest BCUT2D eigenvalue weighted by Crippen LogP contribution is 2.23. The van der Waals surface area contributed by atoms with Crippen molar-refractivity contribution in [3.05, 3.63) is 28.2 Å². The monoisotopic (exact) mass is 340 g/mol. The normalized spacial score (nSPS) is 15.7. The minimum absolute atomic E-state index is 0.803. The van der Waals surface area contributed by atoms with Crippen LogP contribution in [0.15, 0.2) is 22.7 Å². The number of nitrogens with zero attached hydrogens (tertiary/aromatic N) is 1. The van der Waals surface area contributed by atoms with Crippen molar-refractivity contribution in [2.75, 3.05) is 32.8 Å². The van der Waals surface area contributed by atoms with Gasteiger partial charge in [0.25, 0.3) is 0 Å². The molecular formula is C16H25BrN2O. The molecule has 0 bridgehead atoms. The van der Waals surface area contributed by atoms with Gasteiger partial charge in [0.05, 0.1) is 6.61 Å². The highest BCUT2D eigenvalue weighted by atomic mass is 79.9. The summed E-state index contributed by atoms with van der Waals surface area (Å²) in [6.07, 6.45) is 3.83. The average molecular weight is 341 g/mol. The van der Waals surface area contributed by atoms with E-state index >= 15 is 0 Å². The molecule has 0 spiro atoms. The Morgan fingerprint density at radius 2 is 2.10 bits per heavy atom. The minimum atomic E-state index is 0.803. The number of ether oxygens (including phenoxy) is 1. The highest BCUT2D eigenvalue weighted by molar-refractivity contribution is 9.10. The second kappa shape index (κ2) is 8.65. The lowest BCUT2D eigenvalue weighted by Gasteiger charge is -2.16. The SMILES string of the molecule is CCNCc1cc(Br)ccc1OCCCN1CCCC1. The van der Waals surface area contributed by atoms with Gasteiger partial charge in [-0.2, -0.15) is 0 Å². The van der Waals surface area contributed by atoms with Gasteiger partial charge in [0.2, 0.25) is 0 Å². The van der Waals surface area contributed by atoms with E-state index in [-0.39, 0.29) is 0 Å². The molecule has 0 atom stereocenters. The summed E-state index contributed by atoms with van der Waals surface area (Å²) in [7, 11) is 0. The van der Waals surface area contributed by atoms with Crippen molar-refractivity contribution < 1.29 is 4.74 Å². The molecule has 0 radical (unpaired) electrons. The number of nitrogens with one attached hydrogen (secondary N) is 1. The summed E-state index contributed by atoms with van der Waals surface area (Å²) >= 11 is 3.52. The minimum Gasteiger partial charge on any atom is -0.493 e. The predicted molar refractivity (Wildman–Crippen MR) is 87.3 cm³/mol. The molecule has 4 heteroatoms. The van der Waals surface area contributed by atoms with Gasteiger partial charge in [-0.1, -0.05) is 22.9 Å². The molecule has 0 unspecified atom stereocenters. The van der Waals surface area contributed by atoms with E-state index in [0.717, 1.165) is 36.3 Å². The van der Waals surface area contributed by atoms with Crippen molar-refractivity contribution >= 4 is 15.9 Å². The molecule has 0 aromatic heterocycles. The molecule has 20 heavy (non-hydrogen) atoms. The van der Waals surface area contributed by atoms with Crippen LogP contribution in [0.5, 0.6) is 5.75 Å². The molecule has 0 saturated carbocycles. The summed E-state index contributed by atoms with van der Waals surface area (Å²) in [5, 5.41) is 3.36. The fourth-order valence-electron chi connectivity index (χ4n) is 2.56. The molecule has 1 saturated heterocycles. The Hall–Kier alpha value is -0.580. The van der Waals surface area contributed by atoms with Crippen LogP contribution in [-0.4, -0.2) is 37.7 Å². The first-order chi connectivity index (χ1) is 9.79. The van der Waals surface area contributed by atoms with E-state index in [0.29, 0.717) is 0 Å². The first-order valence-electron chi connectivity index (χ1n) is 7.64. The zero-order chi connectivity index (χ0) is 14.2. The van der Waals surface area contributed by atoms with Crippen molar-refractivity contribution in [3.63, 3.8) is 0 Å². The average Bonchev–Trinajstić information content (AvgIpc) is 2.96. The lowest BCUT2D eigenvalue weighted by molar-refractivity contribution is 0.261. The van der Waals surface area contributed by atoms with Crippen LogP contribution in [-0.2, 0) is 6.54 Å². The molecule has 1 fully saturated rings. The zero-order valence-electron chi connectivity index (χ0n) is 12.3. The molecule has 0 amide bonds. The molecule has 2 rings (SSSR count). The number of likely N-dealkylation sites (tertiary alicyclic amines) is 1. The summed E-state index contributed by atoms with van der Waals surface area (Å²) in [6.45, 7) is 8.46. The summed E-state index contributed by atoms with van der Waals surface area (Å²) in [5.41, 5.74) is 1.22. The topological polar surface area (TPSA) is 24.5 Å². The van der Waals surface area contributed by atoms with Gasteiger partial charge in [-0.3, -0.25) is 0 Å². The number of hydrogen-bond acceptors (Lipinski definition) is 3. The second-order valence-electron chi connectivity index (χ2n) is 5.28. The molecule has 1 aromatic carbocycles. The number of hydrogen-bond donors (Lipinski definition) is 1. The van der Waals surface area contributed by atoms with Crippen molar-refractivity contribution in [2.24, 2.45) is 0 Å².